The Balaban J connectivity index is 1.55. The van der Waals surface area contributed by atoms with E-state index >= 15 is 0 Å². The molecule has 25 heavy (non-hydrogen) atoms. The second-order valence-electron chi connectivity index (χ2n) is 6.49. The molecule has 0 aliphatic carbocycles. The van der Waals surface area contributed by atoms with Gasteiger partial charge >= 0.3 is 0 Å². The number of carbonyl (C=O) groups excluding carboxylic acids is 1. The summed E-state index contributed by atoms with van der Waals surface area (Å²) in [6, 6.07) is 5.81. The number of methoxy groups -OCH3 is 1. The number of benzene rings is 1. The molecular weight excluding hydrogens is 318 g/mol. The number of hydrogen-bond donors (Lipinski definition) is 0. The summed E-state index contributed by atoms with van der Waals surface area (Å²) in [6.45, 7) is 0.794. The Kier molecular flexibility index (Phi) is 3.95. The van der Waals surface area contributed by atoms with E-state index < -0.39 is 0 Å². The molecule has 6 nitrogen and oxygen atoms in total. The van der Waals surface area contributed by atoms with Crippen LogP contribution in [0.25, 0.3) is 11.0 Å². The van der Waals surface area contributed by atoms with Crippen molar-refractivity contribution in [3.63, 3.8) is 0 Å². The molecule has 3 heterocycles. The zero-order valence-corrected chi connectivity index (χ0v) is 14.4. The van der Waals surface area contributed by atoms with Crippen LogP contribution in [0.2, 0.25) is 0 Å². The molecule has 1 saturated heterocycles. The van der Waals surface area contributed by atoms with Crippen LogP contribution in [0, 0.1) is 0 Å². The van der Waals surface area contributed by atoms with Gasteiger partial charge in [-0.3, -0.25) is 9.48 Å². The zero-order chi connectivity index (χ0) is 17.4. The normalized spacial score (nSPS) is 17.4. The summed E-state index contributed by atoms with van der Waals surface area (Å²) in [4.78, 5) is 14.9. The molecule has 0 N–H and O–H groups in total. The minimum Gasteiger partial charge on any atom is -0.497 e. The number of ether oxygens (including phenoxy) is 1. The molecule has 1 unspecified atom stereocenters. The maximum atomic E-state index is 12.9. The molecule has 2 aromatic heterocycles. The smallest absolute Gasteiger partial charge is 0.227 e. The number of amides is 1. The Labute approximate surface area is 146 Å². The molecular formula is C19H21N3O3. The Bertz CT molecular complexity index is 912. The molecule has 0 saturated carbocycles. The Morgan fingerprint density at radius 1 is 1.44 bits per heavy atom. The fourth-order valence-electron chi connectivity index (χ4n) is 3.62. The molecule has 0 spiro atoms. The van der Waals surface area contributed by atoms with E-state index in [9.17, 15) is 4.79 Å². The van der Waals surface area contributed by atoms with E-state index in [1.807, 2.05) is 42.5 Å². The van der Waals surface area contributed by atoms with Crippen LogP contribution in [0.1, 0.15) is 30.0 Å². The van der Waals surface area contributed by atoms with Crippen molar-refractivity contribution in [2.45, 2.75) is 25.3 Å². The molecule has 1 aliphatic heterocycles. The third kappa shape index (κ3) is 2.88. The minimum absolute atomic E-state index is 0.124. The van der Waals surface area contributed by atoms with Gasteiger partial charge in [0.05, 0.1) is 32.0 Å². The van der Waals surface area contributed by atoms with Gasteiger partial charge in [-0.05, 0) is 25.0 Å². The number of fused-ring (bicyclic) bond motifs is 1. The highest BCUT2D eigenvalue weighted by Gasteiger charge is 2.31. The van der Waals surface area contributed by atoms with Crippen molar-refractivity contribution in [2.24, 2.45) is 7.05 Å². The van der Waals surface area contributed by atoms with E-state index in [0.29, 0.717) is 6.42 Å². The number of furan rings is 1. The number of likely N-dealkylation sites (tertiary alicyclic amines) is 1. The van der Waals surface area contributed by atoms with Gasteiger partial charge in [-0.2, -0.15) is 5.10 Å². The first-order valence-corrected chi connectivity index (χ1v) is 8.48. The average Bonchev–Trinajstić information content (AvgIpc) is 3.33. The van der Waals surface area contributed by atoms with Crippen molar-refractivity contribution < 1.29 is 13.9 Å². The van der Waals surface area contributed by atoms with Crippen LogP contribution in [-0.4, -0.2) is 34.2 Å². The fraction of sp³-hybridized carbons (Fsp3) is 0.368. The molecule has 0 bridgehead atoms. The number of nitrogens with zero attached hydrogens (tertiary/aromatic N) is 3. The quantitative estimate of drug-likeness (QED) is 0.733. The van der Waals surface area contributed by atoms with Gasteiger partial charge in [0, 0.05) is 42.4 Å². The lowest BCUT2D eigenvalue weighted by atomic mass is 10.1. The molecule has 1 fully saturated rings. The highest BCUT2D eigenvalue weighted by atomic mass is 16.5. The Morgan fingerprint density at radius 3 is 3.08 bits per heavy atom. The van der Waals surface area contributed by atoms with Gasteiger partial charge in [-0.1, -0.05) is 0 Å². The number of rotatable bonds is 4. The first-order valence-electron chi connectivity index (χ1n) is 8.48. The fourth-order valence-corrected chi connectivity index (χ4v) is 3.62. The molecule has 1 aromatic carbocycles. The van der Waals surface area contributed by atoms with Crippen LogP contribution in [-0.2, 0) is 18.3 Å². The van der Waals surface area contributed by atoms with Gasteiger partial charge in [-0.25, -0.2) is 0 Å². The van der Waals surface area contributed by atoms with Crippen LogP contribution in [0.15, 0.2) is 41.3 Å². The van der Waals surface area contributed by atoms with Crippen molar-refractivity contribution >= 4 is 16.9 Å². The summed E-state index contributed by atoms with van der Waals surface area (Å²) >= 11 is 0. The van der Waals surface area contributed by atoms with Crippen molar-refractivity contribution in [2.75, 3.05) is 13.7 Å². The Hall–Kier alpha value is -2.76. The number of hydrogen-bond acceptors (Lipinski definition) is 4. The van der Waals surface area contributed by atoms with Gasteiger partial charge < -0.3 is 14.1 Å². The van der Waals surface area contributed by atoms with Gasteiger partial charge in [0.15, 0.2) is 0 Å². The van der Waals surface area contributed by atoms with Crippen LogP contribution in [0.4, 0.5) is 0 Å². The summed E-state index contributed by atoms with van der Waals surface area (Å²) in [6.07, 6.45) is 7.88. The lowest BCUT2D eigenvalue weighted by Crippen LogP contribution is -2.31. The SMILES string of the molecule is COc1ccc2c(CC(=O)N3CCCC3c3cnn(C)c3)coc2c1. The minimum atomic E-state index is 0.124. The molecule has 0 radical (unpaired) electrons. The molecule has 4 rings (SSSR count). The predicted molar refractivity (Wildman–Crippen MR) is 93.4 cm³/mol. The maximum absolute atomic E-state index is 12.9. The van der Waals surface area contributed by atoms with E-state index in [1.165, 1.54) is 0 Å². The molecule has 6 heteroatoms. The maximum Gasteiger partial charge on any atom is 0.227 e. The number of carbonyl (C=O) groups is 1. The third-order valence-electron chi connectivity index (χ3n) is 4.89. The van der Waals surface area contributed by atoms with Crippen LogP contribution < -0.4 is 4.74 Å². The van der Waals surface area contributed by atoms with Crippen LogP contribution in [0.5, 0.6) is 5.75 Å². The molecule has 1 aliphatic rings. The van der Waals surface area contributed by atoms with E-state index in [-0.39, 0.29) is 11.9 Å². The number of aromatic nitrogens is 2. The second-order valence-corrected chi connectivity index (χ2v) is 6.49. The largest absolute Gasteiger partial charge is 0.497 e. The number of aryl methyl sites for hydroxylation is 1. The highest BCUT2D eigenvalue weighted by molar-refractivity contribution is 5.88. The monoisotopic (exact) mass is 339 g/mol. The van der Waals surface area contributed by atoms with Crippen molar-refractivity contribution in [1.29, 1.82) is 0 Å². The summed E-state index contributed by atoms with van der Waals surface area (Å²) < 4.78 is 12.6. The van der Waals surface area contributed by atoms with Crippen LogP contribution >= 0.6 is 0 Å². The first-order chi connectivity index (χ1) is 12.2. The average molecular weight is 339 g/mol. The second kappa shape index (κ2) is 6.27. The first kappa shape index (κ1) is 15.7. The molecule has 130 valence electrons. The van der Waals surface area contributed by atoms with Crippen molar-refractivity contribution in [1.82, 2.24) is 14.7 Å². The van der Waals surface area contributed by atoms with Gasteiger partial charge in [0.2, 0.25) is 5.91 Å². The van der Waals surface area contributed by atoms with Gasteiger partial charge in [0.25, 0.3) is 0 Å². The van der Waals surface area contributed by atoms with Gasteiger partial charge in [0.1, 0.15) is 11.3 Å². The van der Waals surface area contributed by atoms with E-state index in [4.69, 9.17) is 9.15 Å². The van der Waals surface area contributed by atoms with Crippen LogP contribution in [0.3, 0.4) is 0 Å². The topological polar surface area (TPSA) is 60.5 Å². The highest BCUT2D eigenvalue weighted by Crippen LogP contribution is 2.33. The summed E-state index contributed by atoms with van der Waals surface area (Å²) in [7, 11) is 3.52. The molecule has 1 atom stereocenters. The summed E-state index contributed by atoms with van der Waals surface area (Å²) in [5.41, 5.74) is 2.77. The van der Waals surface area contributed by atoms with E-state index in [1.54, 1.807) is 18.1 Å². The molecule has 1 amide bonds. The Morgan fingerprint density at radius 2 is 2.32 bits per heavy atom. The zero-order valence-electron chi connectivity index (χ0n) is 14.4. The lowest BCUT2D eigenvalue weighted by molar-refractivity contribution is -0.131. The summed E-state index contributed by atoms with van der Waals surface area (Å²) in [5, 5.41) is 5.20. The third-order valence-corrected chi connectivity index (χ3v) is 4.89. The summed E-state index contributed by atoms with van der Waals surface area (Å²) in [5.74, 6) is 0.876. The van der Waals surface area contributed by atoms with Crippen molar-refractivity contribution in [3.05, 3.63) is 48.0 Å². The lowest BCUT2D eigenvalue weighted by Gasteiger charge is -2.23. The van der Waals surface area contributed by atoms with Crippen molar-refractivity contribution in [3.8, 4) is 5.75 Å². The van der Waals surface area contributed by atoms with E-state index in [2.05, 4.69) is 5.10 Å². The molecule has 3 aromatic rings. The van der Waals surface area contributed by atoms with E-state index in [0.717, 1.165) is 47.2 Å². The van der Waals surface area contributed by atoms with Gasteiger partial charge in [-0.15, -0.1) is 0 Å². The predicted octanol–water partition coefficient (Wildman–Crippen LogP) is 3.08. The standard InChI is InChI=1S/C19H21N3O3/c1-21-11-14(10-20-21)17-4-3-7-22(17)19(23)8-13-12-25-18-9-15(24-2)5-6-16(13)18/h5-6,9-12,17H,3-4,7-8H2,1-2H3.